The summed E-state index contributed by atoms with van der Waals surface area (Å²) in [6.45, 7) is 0. The van der Waals surface area contributed by atoms with E-state index in [-0.39, 0.29) is 5.82 Å². The van der Waals surface area contributed by atoms with Gasteiger partial charge in [-0.25, -0.2) is 9.37 Å². The largest absolute Gasteiger partial charge is 0.321 e. The maximum atomic E-state index is 14.0. The lowest BCUT2D eigenvalue weighted by Gasteiger charge is -2.08. The summed E-state index contributed by atoms with van der Waals surface area (Å²) in [6, 6.07) is 13.6. The Balaban J connectivity index is 1.99. The van der Waals surface area contributed by atoms with E-state index in [1.165, 1.54) is 6.07 Å². The normalized spacial score (nSPS) is 14.8. The van der Waals surface area contributed by atoms with Crippen LogP contribution in [0, 0.1) is 5.82 Å². The first-order valence-corrected chi connectivity index (χ1v) is 7.63. The van der Waals surface area contributed by atoms with Gasteiger partial charge in [0.1, 0.15) is 11.3 Å². The second kappa shape index (κ2) is 4.85. The van der Waals surface area contributed by atoms with E-state index in [1.54, 1.807) is 6.07 Å². The summed E-state index contributed by atoms with van der Waals surface area (Å²) in [5, 5.41) is 0. The Kier molecular flexibility index (Phi) is 2.96. The molecule has 1 saturated carbocycles. The van der Waals surface area contributed by atoms with Crippen LogP contribution in [-0.2, 0) is 5.88 Å². The first kappa shape index (κ1) is 12.8. The van der Waals surface area contributed by atoms with Gasteiger partial charge in [0, 0.05) is 17.5 Å². The first-order chi connectivity index (χ1) is 10.3. The predicted molar refractivity (Wildman–Crippen MR) is 83.0 cm³/mol. The molecule has 0 atom stereocenters. The van der Waals surface area contributed by atoms with Gasteiger partial charge in [-0.1, -0.05) is 24.3 Å². The highest BCUT2D eigenvalue weighted by Crippen LogP contribution is 2.41. The van der Waals surface area contributed by atoms with Crippen molar-refractivity contribution in [3.8, 4) is 11.4 Å². The number of imidazole rings is 1. The summed E-state index contributed by atoms with van der Waals surface area (Å²) < 4.78 is 16.2. The molecule has 0 saturated heterocycles. The molecule has 3 aromatic rings. The minimum absolute atomic E-state index is 0.262. The summed E-state index contributed by atoms with van der Waals surface area (Å²) in [7, 11) is 0. The van der Waals surface area contributed by atoms with Gasteiger partial charge in [-0.2, -0.15) is 0 Å². The molecule has 1 fully saturated rings. The Morgan fingerprint density at radius 1 is 1.19 bits per heavy atom. The van der Waals surface area contributed by atoms with Crippen molar-refractivity contribution in [1.29, 1.82) is 0 Å². The fourth-order valence-corrected chi connectivity index (χ4v) is 2.95. The molecule has 4 rings (SSSR count). The van der Waals surface area contributed by atoms with Crippen molar-refractivity contribution >= 4 is 22.6 Å². The molecule has 0 bridgehead atoms. The molecular weight excluding hydrogens is 287 g/mol. The predicted octanol–water partition coefficient (Wildman–Crippen LogP) is 4.92. The number of benzene rings is 2. The lowest BCUT2D eigenvalue weighted by molar-refractivity contribution is 0.637. The van der Waals surface area contributed by atoms with Crippen LogP contribution >= 0.6 is 11.6 Å². The number of aromatic nitrogens is 2. The molecule has 1 aromatic heterocycles. The number of nitrogens with zero attached hydrogens (tertiary/aromatic N) is 2. The molecule has 4 heteroatoms. The minimum Gasteiger partial charge on any atom is -0.321 e. The molecule has 0 amide bonds. The Morgan fingerprint density at radius 3 is 2.76 bits per heavy atom. The Morgan fingerprint density at radius 2 is 2.00 bits per heavy atom. The van der Waals surface area contributed by atoms with E-state index in [1.807, 2.05) is 30.3 Å². The molecule has 0 radical (unpaired) electrons. The van der Waals surface area contributed by atoms with Crippen LogP contribution in [0.4, 0.5) is 4.39 Å². The Labute approximate surface area is 127 Å². The number of alkyl halides is 1. The highest BCUT2D eigenvalue weighted by atomic mass is 35.5. The first-order valence-electron chi connectivity index (χ1n) is 7.09. The van der Waals surface area contributed by atoms with Crippen LogP contribution in [0.25, 0.3) is 22.4 Å². The standard InChI is InChI=1S/C17H14ClFN2/c18-10-11-3-1-4-12(9-11)17-20-16-14(19)5-2-6-15(16)21(17)13-7-8-13/h1-6,9,13H,7-8,10H2. The van der Waals surface area contributed by atoms with E-state index < -0.39 is 0 Å². The molecule has 2 aromatic carbocycles. The third kappa shape index (κ3) is 2.12. The maximum absolute atomic E-state index is 14.0. The van der Waals surface area contributed by atoms with Gasteiger partial charge in [-0.15, -0.1) is 11.6 Å². The third-order valence-corrected chi connectivity index (χ3v) is 4.23. The molecule has 0 spiro atoms. The smallest absolute Gasteiger partial charge is 0.151 e. The van der Waals surface area contributed by atoms with Gasteiger partial charge < -0.3 is 4.57 Å². The summed E-state index contributed by atoms with van der Waals surface area (Å²) in [6.07, 6.45) is 2.26. The van der Waals surface area contributed by atoms with Crippen molar-refractivity contribution in [3.63, 3.8) is 0 Å². The third-order valence-electron chi connectivity index (χ3n) is 3.92. The van der Waals surface area contributed by atoms with Crippen LogP contribution in [-0.4, -0.2) is 9.55 Å². The van der Waals surface area contributed by atoms with Gasteiger partial charge in [0.05, 0.1) is 5.52 Å². The van der Waals surface area contributed by atoms with Crippen LogP contribution in [0.3, 0.4) is 0 Å². The van der Waals surface area contributed by atoms with E-state index in [9.17, 15) is 4.39 Å². The van der Waals surface area contributed by atoms with E-state index in [4.69, 9.17) is 11.6 Å². The summed E-state index contributed by atoms with van der Waals surface area (Å²) in [5.74, 6) is 1.04. The van der Waals surface area contributed by atoms with E-state index in [2.05, 4.69) is 9.55 Å². The highest BCUT2D eigenvalue weighted by Gasteiger charge is 2.29. The molecule has 1 aliphatic rings. The van der Waals surface area contributed by atoms with Gasteiger partial charge in [0.2, 0.25) is 0 Å². The summed E-state index contributed by atoms with van der Waals surface area (Å²) in [5.41, 5.74) is 3.37. The van der Waals surface area contributed by atoms with Crippen molar-refractivity contribution < 1.29 is 4.39 Å². The van der Waals surface area contributed by atoms with Gasteiger partial charge in [0.25, 0.3) is 0 Å². The number of para-hydroxylation sites is 1. The number of hydrogen-bond acceptors (Lipinski definition) is 1. The van der Waals surface area contributed by atoms with Gasteiger partial charge in [0.15, 0.2) is 5.82 Å². The number of halogens is 2. The molecular formula is C17H14ClFN2. The summed E-state index contributed by atoms with van der Waals surface area (Å²) >= 11 is 5.92. The lowest BCUT2D eigenvalue weighted by atomic mass is 10.1. The SMILES string of the molecule is Fc1cccc2c1nc(-c1cccc(CCl)c1)n2C1CC1. The van der Waals surface area contributed by atoms with E-state index in [0.717, 1.165) is 35.3 Å². The zero-order valence-corrected chi connectivity index (χ0v) is 12.1. The van der Waals surface area contributed by atoms with Crippen molar-refractivity contribution in [1.82, 2.24) is 9.55 Å². The van der Waals surface area contributed by atoms with Crippen LogP contribution in [0.5, 0.6) is 0 Å². The zero-order valence-electron chi connectivity index (χ0n) is 11.4. The Bertz CT molecular complexity index is 821. The van der Waals surface area contributed by atoms with Crippen LogP contribution in [0.2, 0.25) is 0 Å². The average Bonchev–Trinajstić information content (AvgIpc) is 3.27. The average molecular weight is 301 g/mol. The summed E-state index contributed by atoms with van der Waals surface area (Å²) in [4.78, 5) is 4.56. The second-order valence-electron chi connectivity index (χ2n) is 5.48. The van der Waals surface area contributed by atoms with Crippen LogP contribution in [0.15, 0.2) is 42.5 Å². The van der Waals surface area contributed by atoms with E-state index >= 15 is 0 Å². The quantitative estimate of drug-likeness (QED) is 0.628. The fourth-order valence-electron chi connectivity index (χ4n) is 2.78. The number of fused-ring (bicyclic) bond motifs is 1. The van der Waals surface area contributed by atoms with Crippen molar-refractivity contribution in [2.24, 2.45) is 0 Å². The molecule has 21 heavy (non-hydrogen) atoms. The van der Waals surface area contributed by atoms with Crippen LogP contribution in [0.1, 0.15) is 24.4 Å². The van der Waals surface area contributed by atoms with Crippen LogP contribution < -0.4 is 0 Å². The molecule has 0 N–H and O–H groups in total. The Hall–Kier alpha value is -1.87. The maximum Gasteiger partial charge on any atom is 0.151 e. The molecule has 2 nitrogen and oxygen atoms in total. The van der Waals surface area contributed by atoms with Gasteiger partial charge in [-0.05, 0) is 36.6 Å². The minimum atomic E-state index is -0.262. The number of hydrogen-bond donors (Lipinski definition) is 0. The van der Waals surface area contributed by atoms with Crippen molar-refractivity contribution in [2.45, 2.75) is 24.8 Å². The molecule has 1 aliphatic carbocycles. The number of rotatable bonds is 3. The fraction of sp³-hybridized carbons (Fsp3) is 0.235. The molecule has 106 valence electrons. The molecule has 0 aliphatic heterocycles. The van der Waals surface area contributed by atoms with Gasteiger partial charge in [-0.3, -0.25) is 0 Å². The van der Waals surface area contributed by atoms with E-state index in [0.29, 0.717) is 17.4 Å². The van der Waals surface area contributed by atoms with Crippen molar-refractivity contribution in [2.75, 3.05) is 0 Å². The topological polar surface area (TPSA) is 17.8 Å². The van der Waals surface area contributed by atoms with Gasteiger partial charge >= 0.3 is 0 Å². The lowest BCUT2D eigenvalue weighted by Crippen LogP contribution is -1.97. The van der Waals surface area contributed by atoms with Crippen molar-refractivity contribution in [3.05, 3.63) is 53.8 Å². The highest BCUT2D eigenvalue weighted by molar-refractivity contribution is 6.17. The second-order valence-corrected chi connectivity index (χ2v) is 5.75. The molecule has 0 unspecified atom stereocenters. The molecule has 1 heterocycles. The zero-order chi connectivity index (χ0) is 14.4. The monoisotopic (exact) mass is 300 g/mol.